The number of H-pyrrole nitrogens is 2. The lowest BCUT2D eigenvalue weighted by atomic mass is 9.99. The van der Waals surface area contributed by atoms with Gasteiger partial charge in [0.05, 0.1) is 28.3 Å². The van der Waals surface area contributed by atoms with Crippen molar-refractivity contribution in [2.45, 2.75) is 0 Å². The molecule has 2 aliphatic rings. The third kappa shape index (κ3) is 5.99. The number of aromatic hydroxyl groups is 1. The summed E-state index contributed by atoms with van der Waals surface area (Å²) in [6.07, 6.45) is 8.14. The van der Waals surface area contributed by atoms with E-state index >= 15 is 0 Å². The fraction of sp³-hybridized carbons (Fsp3) is 0. The van der Waals surface area contributed by atoms with Crippen molar-refractivity contribution in [1.82, 2.24) is 19.9 Å². The van der Waals surface area contributed by atoms with Crippen LogP contribution in [-0.4, -0.2) is 25.0 Å². The Morgan fingerprint density at radius 2 is 0.981 bits per heavy atom. The number of halogens is 3. The highest BCUT2D eigenvalue weighted by atomic mass is 35.5. The van der Waals surface area contributed by atoms with Crippen LogP contribution in [-0.2, 0) is 0 Å². The van der Waals surface area contributed by atoms with E-state index in [-0.39, 0.29) is 5.75 Å². The van der Waals surface area contributed by atoms with Crippen LogP contribution >= 0.6 is 34.8 Å². The molecule has 0 atom stereocenters. The van der Waals surface area contributed by atoms with Gasteiger partial charge in [0, 0.05) is 53.9 Å². The van der Waals surface area contributed by atoms with Crippen molar-refractivity contribution in [3.05, 3.63) is 159 Å². The van der Waals surface area contributed by atoms with E-state index in [0.717, 1.165) is 89.4 Å². The van der Waals surface area contributed by atoms with Crippen molar-refractivity contribution in [1.29, 1.82) is 0 Å². The van der Waals surface area contributed by atoms with Crippen LogP contribution in [0.2, 0.25) is 15.1 Å². The summed E-state index contributed by atoms with van der Waals surface area (Å²) in [5, 5.41) is 12.5. The zero-order valence-corrected chi connectivity index (χ0v) is 29.6. The Kier molecular flexibility index (Phi) is 8.05. The number of aromatic amines is 2. The molecule has 0 saturated carbocycles. The summed E-state index contributed by atoms with van der Waals surface area (Å²) in [6.45, 7) is 0. The van der Waals surface area contributed by atoms with Gasteiger partial charge in [-0.1, -0.05) is 83.3 Å². The van der Waals surface area contributed by atoms with Gasteiger partial charge in [0.15, 0.2) is 0 Å². The molecule has 3 aromatic heterocycles. The van der Waals surface area contributed by atoms with Crippen molar-refractivity contribution < 1.29 is 5.11 Å². The molecule has 3 N–H and O–H groups in total. The van der Waals surface area contributed by atoms with Gasteiger partial charge >= 0.3 is 0 Å². The maximum absolute atomic E-state index is 10.6. The van der Waals surface area contributed by atoms with Crippen molar-refractivity contribution in [3.63, 3.8) is 0 Å². The number of nitrogens with zero attached hydrogens (tertiary/aromatic N) is 2. The van der Waals surface area contributed by atoms with E-state index in [1.54, 1.807) is 12.1 Å². The van der Waals surface area contributed by atoms with Crippen molar-refractivity contribution >= 4 is 81.2 Å². The quantitative estimate of drug-likeness (QED) is 0.168. The number of nitrogens with one attached hydrogen (secondary N) is 2. The van der Waals surface area contributed by atoms with E-state index < -0.39 is 0 Å². The van der Waals surface area contributed by atoms with Crippen LogP contribution in [0.25, 0.3) is 90.9 Å². The number of rotatable bonds is 4. The molecule has 0 aliphatic carbocycles. The second-order valence-electron chi connectivity index (χ2n) is 12.6. The van der Waals surface area contributed by atoms with Crippen LogP contribution in [0.15, 0.2) is 121 Å². The topological polar surface area (TPSA) is 77.6 Å². The molecular weight excluding hydrogens is 707 g/mol. The molecule has 0 fully saturated rings. The molecule has 0 saturated heterocycles. The van der Waals surface area contributed by atoms with Crippen molar-refractivity contribution in [2.24, 2.45) is 0 Å². The minimum absolute atomic E-state index is 0.176. The van der Waals surface area contributed by atoms with Gasteiger partial charge in [-0.05, 0) is 119 Å². The molecule has 0 amide bonds. The summed E-state index contributed by atoms with van der Waals surface area (Å²) >= 11 is 19.1. The van der Waals surface area contributed by atoms with Crippen LogP contribution in [0.1, 0.15) is 22.8 Å². The molecule has 52 heavy (non-hydrogen) atoms. The van der Waals surface area contributed by atoms with Crippen molar-refractivity contribution in [2.75, 3.05) is 0 Å². The highest BCUT2D eigenvalue weighted by molar-refractivity contribution is 6.31. The molecular formula is C44H27Cl3N4O. The van der Waals surface area contributed by atoms with Gasteiger partial charge in [0.25, 0.3) is 0 Å². The number of aromatic nitrogens is 4. The van der Waals surface area contributed by atoms with Gasteiger partial charge in [0.2, 0.25) is 0 Å². The standard InChI is InChI=1S/C44H27Cl3N4O/c45-29-10-4-25(5-11-29)41-36-17-16-32(48-36)23-33-24-35(28-2-1-3-34(52)22-28)44(49-33)43(27-8-14-31(47)15-9-27)40-21-20-39(51-40)42(38-19-18-37(41)50-38)26-6-12-30(46)13-7-26/h1-24,49-50,52H. The predicted octanol–water partition coefficient (Wildman–Crippen LogP) is 13.0. The fourth-order valence-electron chi connectivity index (χ4n) is 6.89. The summed E-state index contributed by atoms with van der Waals surface area (Å²) in [4.78, 5) is 17.9. The van der Waals surface area contributed by atoms with Crippen LogP contribution in [0.3, 0.4) is 0 Å². The fourth-order valence-corrected chi connectivity index (χ4v) is 7.27. The zero-order chi connectivity index (χ0) is 35.3. The summed E-state index contributed by atoms with van der Waals surface area (Å²) in [7, 11) is 0. The average molecular weight is 734 g/mol. The second kappa shape index (κ2) is 13.0. The van der Waals surface area contributed by atoms with Crippen LogP contribution in [0.4, 0.5) is 0 Å². The number of phenols is 1. The first-order chi connectivity index (χ1) is 25.4. The van der Waals surface area contributed by atoms with Crippen molar-refractivity contribution in [3.8, 4) is 50.3 Å². The Bertz CT molecular complexity index is 2760. The zero-order valence-electron chi connectivity index (χ0n) is 27.3. The first kappa shape index (κ1) is 32.1. The molecule has 5 heterocycles. The van der Waals surface area contributed by atoms with E-state index in [9.17, 15) is 5.11 Å². The molecule has 8 heteroatoms. The predicted molar refractivity (Wildman–Crippen MR) is 217 cm³/mol. The molecule has 8 bridgehead atoms. The SMILES string of the molecule is Oc1cccc(-c2cc3cc4nc(c(-c5ccc(Cl)cc5)c5ccc([nH]5)c(-c5ccc(Cl)cc5)c5nc(c(-c6ccc(Cl)cc6)c2[nH]3)C=C5)C=C4)c1. The Balaban J connectivity index is 1.47. The van der Waals surface area contributed by atoms with Gasteiger partial charge in [0.1, 0.15) is 5.75 Å². The van der Waals surface area contributed by atoms with Gasteiger partial charge in [-0.3, -0.25) is 0 Å². The van der Waals surface area contributed by atoms with Gasteiger partial charge < -0.3 is 15.1 Å². The Hall–Kier alpha value is -5.85. The lowest BCUT2D eigenvalue weighted by Crippen LogP contribution is -1.89. The average Bonchev–Trinajstić information content (AvgIpc) is 3.97. The highest BCUT2D eigenvalue weighted by Crippen LogP contribution is 2.40. The minimum atomic E-state index is 0.176. The first-order valence-corrected chi connectivity index (χ1v) is 17.7. The summed E-state index contributed by atoms with van der Waals surface area (Å²) in [5.41, 5.74) is 13.9. The normalized spacial score (nSPS) is 12.1. The molecule has 0 radical (unpaired) electrons. The molecule has 0 unspecified atom stereocenters. The molecule has 250 valence electrons. The van der Waals surface area contributed by atoms with Gasteiger partial charge in [-0.25, -0.2) is 9.97 Å². The molecule has 2 aliphatic heterocycles. The van der Waals surface area contributed by atoms with Crippen LogP contribution in [0, 0.1) is 0 Å². The molecule has 4 aromatic carbocycles. The molecule has 9 rings (SSSR count). The third-order valence-corrected chi connectivity index (χ3v) is 10.00. The summed E-state index contributed by atoms with van der Waals surface area (Å²) in [5.74, 6) is 0.176. The monoisotopic (exact) mass is 732 g/mol. The summed E-state index contributed by atoms with van der Waals surface area (Å²) in [6, 6.07) is 38.9. The number of phenolic OH excluding ortho intramolecular Hbond substituents is 1. The van der Waals surface area contributed by atoms with E-state index in [1.807, 2.05) is 115 Å². The largest absolute Gasteiger partial charge is 0.508 e. The Labute approximate surface area is 314 Å². The number of fused-ring (bicyclic) bond motifs is 8. The maximum atomic E-state index is 10.6. The van der Waals surface area contributed by atoms with E-state index in [0.29, 0.717) is 15.1 Å². The minimum Gasteiger partial charge on any atom is -0.508 e. The Morgan fingerprint density at radius 1 is 0.462 bits per heavy atom. The van der Waals surface area contributed by atoms with Crippen LogP contribution < -0.4 is 0 Å². The number of hydrogen-bond acceptors (Lipinski definition) is 3. The number of benzene rings is 4. The maximum Gasteiger partial charge on any atom is 0.116 e. The second-order valence-corrected chi connectivity index (χ2v) is 13.9. The van der Waals surface area contributed by atoms with Crippen LogP contribution in [0.5, 0.6) is 5.75 Å². The Morgan fingerprint density at radius 3 is 1.56 bits per heavy atom. The lowest BCUT2D eigenvalue weighted by molar-refractivity contribution is 0.475. The lowest BCUT2D eigenvalue weighted by Gasteiger charge is -2.08. The van der Waals surface area contributed by atoms with E-state index in [2.05, 4.69) is 28.2 Å². The number of hydrogen-bond donors (Lipinski definition) is 3. The molecule has 0 spiro atoms. The van der Waals surface area contributed by atoms with Gasteiger partial charge in [-0.2, -0.15) is 0 Å². The third-order valence-electron chi connectivity index (χ3n) is 9.24. The van der Waals surface area contributed by atoms with Gasteiger partial charge in [-0.15, -0.1) is 0 Å². The first-order valence-electron chi connectivity index (χ1n) is 16.6. The van der Waals surface area contributed by atoms with E-state index in [1.165, 1.54) is 0 Å². The van der Waals surface area contributed by atoms with E-state index in [4.69, 9.17) is 44.8 Å². The summed E-state index contributed by atoms with van der Waals surface area (Å²) < 4.78 is 0. The molecule has 7 aromatic rings. The smallest absolute Gasteiger partial charge is 0.116 e. The molecule has 5 nitrogen and oxygen atoms in total. The highest BCUT2D eigenvalue weighted by Gasteiger charge is 2.19.